The maximum Gasteiger partial charge on any atom is 0.329 e. The normalized spacial score (nSPS) is 15.9. The van der Waals surface area contributed by atoms with Crippen LogP contribution in [0.1, 0.15) is 29.8 Å². The van der Waals surface area contributed by atoms with Gasteiger partial charge in [0.2, 0.25) is 0 Å². The highest BCUT2D eigenvalue weighted by molar-refractivity contribution is 6.33. The van der Waals surface area contributed by atoms with E-state index < -0.39 is 17.4 Å². The van der Waals surface area contributed by atoms with Gasteiger partial charge < -0.3 is 14.8 Å². The Kier molecular flexibility index (Phi) is 3.66. The molecule has 1 saturated carbocycles. The van der Waals surface area contributed by atoms with Crippen molar-refractivity contribution in [3.8, 4) is 11.3 Å². The highest BCUT2D eigenvalue weighted by Gasteiger charge is 2.46. The first kappa shape index (κ1) is 14.7. The van der Waals surface area contributed by atoms with Crippen molar-refractivity contribution in [2.45, 2.75) is 24.8 Å². The minimum absolute atomic E-state index is 0.0717. The standard InChI is InChI=1S/C16H14ClNO4/c17-11-5-2-1-4-10(11)12-6-7-13(22-12)14(19)18-16(15(20)21)8-3-9-16/h1-2,4-7H,3,8-9H2,(H,18,19)(H,20,21). The van der Waals surface area contributed by atoms with Crippen LogP contribution in [0.4, 0.5) is 0 Å². The minimum Gasteiger partial charge on any atom is -0.480 e. The van der Waals surface area contributed by atoms with E-state index >= 15 is 0 Å². The van der Waals surface area contributed by atoms with Crippen molar-refractivity contribution < 1.29 is 19.1 Å². The van der Waals surface area contributed by atoms with Crippen molar-refractivity contribution >= 4 is 23.5 Å². The third-order valence-electron chi connectivity index (χ3n) is 3.94. The summed E-state index contributed by atoms with van der Waals surface area (Å²) in [5, 5.41) is 12.3. The number of hydrogen-bond donors (Lipinski definition) is 2. The second-order valence-corrected chi connectivity index (χ2v) is 5.75. The Morgan fingerprint density at radius 3 is 2.50 bits per heavy atom. The molecule has 1 amide bonds. The monoisotopic (exact) mass is 319 g/mol. The fourth-order valence-corrected chi connectivity index (χ4v) is 2.70. The third-order valence-corrected chi connectivity index (χ3v) is 4.27. The van der Waals surface area contributed by atoms with Gasteiger partial charge in [0.05, 0.1) is 5.02 Å². The Balaban J connectivity index is 1.81. The second-order valence-electron chi connectivity index (χ2n) is 5.34. The van der Waals surface area contributed by atoms with E-state index in [0.29, 0.717) is 29.2 Å². The maximum atomic E-state index is 12.2. The summed E-state index contributed by atoms with van der Waals surface area (Å²) in [6.45, 7) is 0. The van der Waals surface area contributed by atoms with Crippen molar-refractivity contribution in [1.82, 2.24) is 5.32 Å². The molecule has 2 aromatic rings. The molecule has 114 valence electrons. The Morgan fingerprint density at radius 2 is 1.91 bits per heavy atom. The Labute approximate surface area is 131 Å². The summed E-state index contributed by atoms with van der Waals surface area (Å²) in [6, 6.07) is 10.3. The van der Waals surface area contributed by atoms with Crippen LogP contribution in [0.3, 0.4) is 0 Å². The first-order valence-electron chi connectivity index (χ1n) is 6.92. The molecule has 0 saturated heterocycles. The second kappa shape index (κ2) is 5.50. The van der Waals surface area contributed by atoms with Gasteiger partial charge in [-0.05, 0) is 43.5 Å². The minimum atomic E-state index is -1.16. The number of aliphatic carboxylic acids is 1. The van der Waals surface area contributed by atoms with Crippen LogP contribution in [0, 0.1) is 0 Å². The van der Waals surface area contributed by atoms with Crippen LogP contribution in [-0.4, -0.2) is 22.5 Å². The van der Waals surface area contributed by atoms with Gasteiger partial charge in [0.1, 0.15) is 11.3 Å². The largest absolute Gasteiger partial charge is 0.480 e. The topological polar surface area (TPSA) is 79.5 Å². The number of rotatable bonds is 4. The molecule has 5 nitrogen and oxygen atoms in total. The molecule has 1 aliphatic carbocycles. The lowest BCUT2D eigenvalue weighted by molar-refractivity contribution is -0.148. The number of furan rings is 1. The van der Waals surface area contributed by atoms with Gasteiger partial charge in [-0.15, -0.1) is 0 Å². The quantitative estimate of drug-likeness (QED) is 0.905. The van der Waals surface area contributed by atoms with Gasteiger partial charge in [-0.1, -0.05) is 23.7 Å². The highest BCUT2D eigenvalue weighted by atomic mass is 35.5. The fourth-order valence-electron chi connectivity index (χ4n) is 2.47. The molecule has 1 fully saturated rings. The van der Waals surface area contributed by atoms with Crippen LogP contribution in [0.25, 0.3) is 11.3 Å². The van der Waals surface area contributed by atoms with E-state index in [1.54, 1.807) is 24.3 Å². The van der Waals surface area contributed by atoms with Crippen LogP contribution < -0.4 is 5.32 Å². The zero-order valence-corrected chi connectivity index (χ0v) is 12.4. The number of amides is 1. The molecule has 2 N–H and O–H groups in total. The van der Waals surface area contributed by atoms with E-state index in [-0.39, 0.29) is 5.76 Å². The number of carbonyl (C=O) groups is 2. The van der Waals surface area contributed by atoms with Crippen molar-refractivity contribution in [2.75, 3.05) is 0 Å². The molecule has 1 aromatic heterocycles. The molecule has 0 radical (unpaired) electrons. The number of nitrogens with one attached hydrogen (secondary N) is 1. The van der Waals surface area contributed by atoms with E-state index in [4.69, 9.17) is 16.0 Å². The molecule has 0 spiro atoms. The third kappa shape index (κ3) is 2.48. The summed E-state index contributed by atoms with van der Waals surface area (Å²) >= 11 is 6.09. The maximum absolute atomic E-state index is 12.2. The summed E-state index contributed by atoms with van der Waals surface area (Å²) in [6.07, 6.45) is 1.66. The molecule has 0 atom stereocenters. The zero-order valence-electron chi connectivity index (χ0n) is 11.6. The van der Waals surface area contributed by atoms with E-state index in [1.807, 2.05) is 6.07 Å². The van der Waals surface area contributed by atoms with Crippen molar-refractivity contribution in [3.05, 3.63) is 47.2 Å². The number of carboxylic acids is 1. The van der Waals surface area contributed by atoms with Crippen LogP contribution in [0.5, 0.6) is 0 Å². The van der Waals surface area contributed by atoms with Gasteiger partial charge in [-0.2, -0.15) is 0 Å². The van der Waals surface area contributed by atoms with Gasteiger partial charge in [-0.25, -0.2) is 4.79 Å². The molecule has 22 heavy (non-hydrogen) atoms. The number of halogens is 1. The average Bonchev–Trinajstić information content (AvgIpc) is 2.92. The summed E-state index contributed by atoms with van der Waals surface area (Å²) in [4.78, 5) is 23.5. The highest BCUT2D eigenvalue weighted by Crippen LogP contribution is 2.33. The summed E-state index contributed by atoms with van der Waals surface area (Å²) in [7, 11) is 0. The Hall–Kier alpha value is -2.27. The van der Waals surface area contributed by atoms with Crippen LogP contribution in [-0.2, 0) is 4.79 Å². The molecule has 0 bridgehead atoms. The van der Waals surface area contributed by atoms with E-state index in [0.717, 1.165) is 6.42 Å². The number of hydrogen-bond acceptors (Lipinski definition) is 3. The van der Waals surface area contributed by atoms with E-state index in [9.17, 15) is 14.7 Å². The molecule has 0 unspecified atom stereocenters. The first-order chi connectivity index (χ1) is 10.5. The molecule has 1 aromatic carbocycles. The smallest absolute Gasteiger partial charge is 0.329 e. The van der Waals surface area contributed by atoms with Gasteiger partial charge >= 0.3 is 5.97 Å². The summed E-state index contributed by atoms with van der Waals surface area (Å²) in [5.74, 6) is -0.999. The van der Waals surface area contributed by atoms with Crippen LogP contribution in [0.15, 0.2) is 40.8 Å². The molecule has 1 aliphatic rings. The lowest BCUT2D eigenvalue weighted by Crippen LogP contribution is -2.59. The van der Waals surface area contributed by atoms with Crippen molar-refractivity contribution in [2.24, 2.45) is 0 Å². The predicted octanol–water partition coefficient (Wildman–Crippen LogP) is 3.34. The average molecular weight is 320 g/mol. The molecule has 0 aliphatic heterocycles. The van der Waals surface area contributed by atoms with Crippen LogP contribution >= 0.6 is 11.6 Å². The Bertz CT molecular complexity index is 733. The lowest BCUT2D eigenvalue weighted by Gasteiger charge is -2.37. The van der Waals surface area contributed by atoms with E-state index in [2.05, 4.69) is 5.32 Å². The van der Waals surface area contributed by atoms with Crippen LogP contribution in [0.2, 0.25) is 5.02 Å². The number of carbonyl (C=O) groups excluding carboxylic acids is 1. The van der Waals surface area contributed by atoms with E-state index in [1.165, 1.54) is 6.07 Å². The summed E-state index contributed by atoms with van der Waals surface area (Å²) in [5.41, 5.74) is -0.478. The van der Waals surface area contributed by atoms with Crippen molar-refractivity contribution in [1.29, 1.82) is 0 Å². The van der Waals surface area contributed by atoms with Gasteiger partial charge in [0.15, 0.2) is 5.76 Å². The van der Waals surface area contributed by atoms with Gasteiger partial charge in [0, 0.05) is 5.56 Å². The lowest BCUT2D eigenvalue weighted by atomic mass is 9.76. The molecular weight excluding hydrogens is 306 g/mol. The number of benzene rings is 1. The number of carboxylic acid groups (broad SMARTS) is 1. The van der Waals surface area contributed by atoms with Gasteiger partial charge in [-0.3, -0.25) is 4.79 Å². The molecule has 6 heteroatoms. The zero-order chi connectivity index (χ0) is 15.7. The molecular formula is C16H14ClNO4. The Morgan fingerprint density at radius 1 is 1.18 bits per heavy atom. The molecule has 1 heterocycles. The first-order valence-corrected chi connectivity index (χ1v) is 7.30. The predicted molar refractivity (Wildman–Crippen MR) is 80.8 cm³/mol. The fraction of sp³-hybridized carbons (Fsp3) is 0.250. The van der Waals surface area contributed by atoms with Crippen molar-refractivity contribution in [3.63, 3.8) is 0 Å². The molecule has 3 rings (SSSR count). The SMILES string of the molecule is O=C(NC1(C(=O)O)CCC1)c1ccc(-c2ccccc2Cl)o1. The van der Waals surface area contributed by atoms with Gasteiger partial charge in [0.25, 0.3) is 5.91 Å². The summed E-state index contributed by atoms with van der Waals surface area (Å²) < 4.78 is 5.52.